The molecule has 0 fully saturated rings. The maximum absolute atomic E-state index is 11.5. The monoisotopic (exact) mass is 231 g/mol. The van der Waals surface area contributed by atoms with Crippen molar-refractivity contribution in [3.8, 4) is 5.69 Å². The van der Waals surface area contributed by atoms with Crippen molar-refractivity contribution in [2.24, 2.45) is 5.73 Å². The highest BCUT2D eigenvalue weighted by molar-refractivity contribution is 5.37. The Hall–Kier alpha value is -1.81. The topological polar surface area (TPSA) is 63.8 Å². The Morgan fingerprint density at radius 2 is 2.29 bits per heavy atom. The van der Waals surface area contributed by atoms with Crippen LogP contribution in [-0.4, -0.2) is 16.1 Å². The number of nitrogens with one attached hydrogen (secondary N) is 1. The van der Waals surface area contributed by atoms with Gasteiger partial charge in [0, 0.05) is 12.4 Å². The smallest absolute Gasteiger partial charge is 0.330 e. The number of imidazole rings is 1. The van der Waals surface area contributed by atoms with Crippen molar-refractivity contribution in [2.75, 3.05) is 6.54 Å². The summed E-state index contributed by atoms with van der Waals surface area (Å²) in [6.07, 6.45) is 4.32. The minimum atomic E-state index is -0.117. The van der Waals surface area contributed by atoms with Gasteiger partial charge in [-0.1, -0.05) is 19.1 Å². The van der Waals surface area contributed by atoms with Crippen LogP contribution in [0.5, 0.6) is 0 Å². The first-order valence-corrected chi connectivity index (χ1v) is 5.79. The maximum atomic E-state index is 11.5. The van der Waals surface area contributed by atoms with Gasteiger partial charge in [-0.05, 0) is 36.6 Å². The number of aromatic nitrogens is 2. The lowest BCUT2D eigenvalue weighted by molar-refractivity contribution is 0.689. The number of benzene rings is 1. The molecule has 0 saturated carbocycles. The van der Waals surface area contributed by atoms with Crippen LogP contribution in [0.2, 0.25) is 0 Å². The second-order valence-corrected chi connectivity index (χ2v) is 4.21. The number of hydrogen-bond acceptors (Lipinski definition) is 2. The fourth-order valence-corrected chi connectivity index (χ4v) is 1.92. The van der Waals surface area contributed by atoms with Crippen molar-refractivity contribution in [1.82, 2.24) is 9.55 Å². The van der Waals surface area contributed by atoms with Gasteiger partial charge in [-0.15, -0.1) is 0 Å². The molecule has 2 rings (SSSR count). The van der Waals surface area contributed by atoms with Crippen molar-refractivity contribution in [3.05, 3.63) is 52.7 Å². The Morgan fingerprint density at radius 3 is 2.94 bits per heavy atom. The van der Waals surface area contributed by atoms with Gasteiger partial charge in [-0.25, -0.2) is 4.79 Å². The Bertz CT molecular complexity index is 541. The summed E-state index contributed by atoms with van der Waals surface area (Å²) in [7, 11) is 0. The fraction of sp³-hybridized carbons (Fsp3) is 0.308. The summed E-state index contributed by atoms with van der Waals surface area (Å²) in [6, 6.07) is 8.00. The van der Waals surface area contributed by atoms with Gasteiger partial charge in [0.05, 0.1) is 5.69 Å². The van der Waals surface area contributed by atoms with E-state index in [9.17, 15) is 4.79 Å². The number of nitrogens with zero attached hydrogens (tertiary/aromatic N) is 1. The zero-order valence-corrected chi connectivity index (χ0v) is 9.89. The van der Waals surface area contributed by atoms with Crippen LogP contribution in [0.15, 0.2) is 41.5 Å². The van der Waals surface area contributed by atoms with Crippen molar-refractivity contribution >= 4 is 0 Å². The van der Waals surface area contributed by atoms with Crippen LogP contribution >= 0.6 is 0 Å². The van der Waals surface area contributed by atoms with Gasteiger partial charge in [0.1, 0.15) is 0 Å². The number of rotatable bonds is 4. The Kier molecular flexibility index (Phi) is 3.44. The third kappa shape index (κ3) is 2.47. The number of H-pyrrole nitrogens is 1. The molecule has 0 saturated heterocycles. The van der Waals surface area contributed by atoms with E-state index in [1.807, 2.05) is 18.2 Å². The molecular formula is C13H17N3O. The Balaban J connectivity index is 2.35. The molecule has 0 aliphatic rings. The molecule has 1 aromatic carbocycles. The van der Waals surface area contributed by atoms with Crippen molar-refractivity contribution in [1.29, 1.82) is 0 Å². The summed E-state index contributed by atoms with van der Waals surface area (Å²) < 4.78 is 1.60. The van der Waals surface area contributed by atoms with Gasteiger partial charge in [-0.2, -0.15) is 0 Å². The van der Waals surface area contributed by atoms with E-state index in [4.69, 9.17) is 5.73 Å². The van der Waals surface area contributed by atoms with Crippen LogP contribution in [0, 0.1) is 0 Å². The van der Waals surface area contributed by atoms with Crippen LogP contribution in [0.3, 0.4) is 0 Å². The average molecular weight is 231 g/mol. The van der Waals surface area contributed by atoms with Crippen LogP contribution < -0.4 is 11.4 Å². The molecule has 90 valence electrons. The van der Waals surface area contributed by atoms with Gasteiger partial charge in [-0.3, -0.25) is 4.57 Å². The second kappa shape index (κ2) is 5.01. The van der Waals surface area contributed by atoms with E-state index >= 15 is 0 Å². The van der Waals surface area contributed by atoms with E-state index in [1.165, 1.54) is 5.56 Å². The zero-order chi connectivity index (χ0) is 12.3. The second-order valence-electron chi connectivity index (χ2n) is 4.21. The highest BCUT2D eigenvalue weighted by Crippen LogP contribution is 2.20. The molecule has 3 N–H and O–H groups in total. The summed E-state index contributed by atoms with van der Waals surface area (Å²) in [5.74, 6) is 0.412. The molecule has 0 aliphatic carbocycles. The summed E-state index contributed by atoms with van der Waals surface area (Å²) in [5, 5.41) is 0. The molecule has 0 radical (unpaired) electrons. The van der Waals surface area contributed by atoms with Gasteiger partial charge in [0.15, 0.2) is 0 Å². The molecule has 17 heavy (non-hydrogen) atoms. The number of aromatic amines is 1. The molecule has 4 heteroatoms. The molecule has 1 atom stereocenters. The molecule has 1 unspecified atom stereocenters. The maximum Gasteiger partial charge on any atom is 0.330 e. The van der Waals surface area contributed by atoms with Gasteiger partial charge < -0.3 is 10.7 Å². The predicted octanol–water partition coefficient (Wildman–Crippen LogP) is 1.62. The molecule has 0 spiro atoms. The normalized spacial score (nSPS) is 12.6. The van der Waals surface area contributed by atoms with E-state index in [1.54, 1.807) is 17.0 Å². The van der Waals surface area contributed by atoms with E-state index in [0.717, 1.165) is 12.1 Å². The quantitative estimate of drug-likeness (QED) is 0.839. The molecule has 2 aromatic rings. The van der Waals surface area contributed by atoms with Gasteiger partial charge in [0.2, 0.25) is 0 Å². The predicted molar refractivity (Wildman–Crippen MR) is 68.5 cm³/mol. The largest absolute Gasteiger partial charge is 0.330 e. The first-order chi connectivity index (χ1) is 8.22. The Labute approximate surface area is 100 Å². The lowest BCUT2D eigenvalue weighted by Crippen LogP contribution is -2.14. The first kappa shape index (κ1) is 11.7. The third-order valence-electron chi connectivity index (χ3n) is 2.97. The molecule has 0 aliphatic heterocycles. The molecule has 0 amide bonds. The Morgan fingerprint density at radius 1 is 1.47 bits per heavy atom. The lowest BCUT2D eigenvalue weighted by Gasteiger charge is -2.12. The summed E-state index contributed by atoms with van der Waals surface area (Å²) in [5.41, 5.74) is 7.54. The lowest BCUT2D eigenvalue weighted by atomic mass is 9.97. The molecular weight excluding hydrogens is 214 g/mol. The standard InChI is InChI=1S/C13H17N3O/c1-10(5-6-14)11-3-2-4-12(9-11)16-8-7-15-13(16)17/h2-4,7-10H,5-6,14H2,1H3,(H,15,17). The summed E-state index contributed by atoms with van der Waals surface area (Å²) >= 11 is 0. The molecule has 4 nitrogen and oxygen atoms in total. The number of hydrogen-bond donors (Lipinski definition) is 2. The van der Waals surface area contributed by atoms with Crippen molar-refractivity contribution < 1.29 is 0 Å². The summed E-state index contributed by atoms with van der Waals surface area (Å²) in [6.45, 7) is 2.82. The van der Waals surface area contributed by atoms with Crippen molar-refractivity contribution in [2.45, 2.75) is 19.3 Å². The van der Waals surface area contributed by atoms with Gasteiger partial charge in [0.25, 0.3) is 0 Å². The van der Waals surface area contributed by atoms with E-state index < -0.39 is 0 Å². The van der Waals surface area contributed by atoms with Gasteiger partial charge >= 0.3 is 5.69 Å². The highest BCUT2D eigenvalue weighted by Gasteiger charge is 2.06. The fourth-order valence-electron chi connectivity index (χ4n) is 1.92. The van der Waals surface area contributed by atoms with E-state index in [0.29, 0.717) is 12.5 Å². The van der Waals surface area contributed by atoms with Crippen LogP contribution in [0.4, 0.5) is 0 Å². The van der Waals surface area contributed by atoms with E-state index in [2.05, 4.69) is 18.0 Å². The van der Waals surface area contributed by atoms with Crippen molar-refractivity contribution in [3.63, 3.8) is 0 Å². The van der Waals surface area contributed by atoms with E-state index in [-0.39, 0.29) is 5.69 Å². The SMILES string of the molecule is CC(CCN)c1cccc(-n2cc[nH]c2=O)c1. The molecule has 1 heterocycles. The minimum Gasteiger partial charge on any atom is -0.330 e. The minimum absolute atomic E-state index is 0.117. The average Bonchev–Trinajstić information content (AvgIpc) is 2.76. The highest BCUT2D eigenvalue weighted by atomic mass is 16.1. The zero-order valence-electron chi connectivity index (χ0n) is 9.89. The third-order valence-corrected chi connectivity index (χ3v) is 2.97. The van der Waals surface area contributed by atoms with Crippen LogP contribution in [0.1, 0.15) is 24.8 Å². The first-order valence-electron chi connectivity index (χ1n) is 5.79. The molecule has 1 aromatic heterocycles. The van der Waals surface area contributed by atoms with Crippen LogP contribution in [0.25, 0.3) is 5.69 Å². The molecule has 0 bridgehead atoms. The number of nitrogens with two attached hydrogens (primary N) is 1. The van der Waals surface area contributed by atoms with Crippen LogP contribution in [-0.2, 0) is 0 Å². The summed E-state index contributed by atoms with van der Waals surface area (Å²) in [4.78, 5) is 14.1.